The van der Waals surface area contributed by atoms with Gasteiger partial charge in [-0.2, -0.15) is 0 Å². The summed E-state index contributed by atoms with van der Waals surface area (Å²) in [5.74, 6) is 0.713. The predicted octanol–water partition coefficient (Wildman–Crippen LogP) is 3.12. The molecule has 0 aromatic carbocycles. The zero-order chi connectivity index (χ0) is 11.2. The monoisotopic (exact) mass is 199 g/mol. The molecule has 0 aliphatic rings. The smallest absolute Gasteiger partial charge is 0.220 e. The molecule has 0 aliphatic carbocycles. The van der Waals surface area contributed by atoms with Crippen molar-refractivity contribution in [3.8, 4) is 0 Å². The molecule has 0 fully saturated rings. The lowest BCUT2D eigenvalue weighted by molar-refractivity contribution is -0.123. The van der Waals surface area contributed by atoms with Crippen LogP contribution >= 0.6 is 0 Å². The van der Waals surface area contributed by atoms with Gasteiger partial charge in [-0.25, -0.2) is 0 Å². The van der Waals surface area contributed by atoms with Gasteiger partial charge in [-0.1, -0.05) is 33.6 Å². The second-order valence-corrected chi connectivity index (χ2v) is 4.68. The van der Waals surface area contributed by atoms with Crippen LogP contribution < -0.4 is 5.32 Å². The average Bonchev–Trinajstić information content (AvgIpc) is 2.12. The van der Waals surface area contributed by atoms with Gasteiger partial charge in [0, 0.05) is 12.0 Å². The highest BCUT2D eigenvalue weighted by atomic mass is 16.1. The molecule has 0 spiro atoms. The van der Waals surface area contributed by atoms with Crippen molar-refractivity contribution in [2.45, 2.75) is 65.8 Å². The van der Waals surface area contributed by atoms with Crippen LogP contribution in [-0.2, 0) is 4.79 Å². The SMILES string of the molecule is CCCCC(=O)NC(C)(C)C(C)CC. The Labute approximate surface area is 88.5 Å². The average molecular weight is 199 g/mol. The van der Waals surface area contributed by atoms with Gasteiger partial charge in [0.05, 0.1) is 0 Å². The van der Waals surface area contributed by atoms with Gasteiger partial charge in [0.1, 0.15) is 0 Å². The van der Waals surface area contributed by atoms with Crippen molar-refractivity contribution in [2.24, 2.45) is 5.92 Å². The molecular weight excluding hydrogens is 174 g/mol. The fourth-order valence-electron chi connectivity index (χ4n) is 1.39. The third-order valence-electron chi connectivity index (χ3n) is 3.06. The van der Waals surface area contributed by atoms with Gasteiger partial charge in [0.25, 0.3) is 0 Å². The number of carbonyl (C=O) groups is 1. The molecule has 0 aromatic heterocycles. The fraction of sp³-hybridized carbons (Fsp3) is 0.917. The second kappa shape index (κ2) is 6.05. The van der Waals surface area contributed by atoms with Crippen LogP contribution in [0.2, 0.25) is 0 Å². The molecule has 0 heterocycles. The standard InChI is InChI=1S/C12H25NO/c1-6-8-9-11(14)13-12(4,5)10(3)7-2/h10H,6-9H2,1-5H3,(H,13,14). The maximum Gasteiger partial charge on any atom is 0.220 e. The summed E-state index contributed by atoms with van der Waals surface area (Å²) in [5, 5.41) is 3.10. The minimum atomic E-state index is -0.0699. The number of hydrogen-bond donors (Lipinski definition) is 1. The first kappa shape index (κ1) is 13.5. The molecular formula is C12H25NO. The van der Waals surface area contributed by atoms with Crippen LogP contribution in [0.25, 0.3) is 0 Å². The molecule has 0 saturated carbocycles. The largest absolute Gasteiger partial charge is 0.351 e. The van der Waals surface area contributed by atoms with E-state index in [1.54, 1.807) is 0 Å². The third kappa shape index (κ3) is 4.64. The Morgan fingerprint density at radius 2 is 1.93 bits per heavy atom. The van der Waals surface area contributed by atoms with Gasteiger partial charge in [-0.3, -0.25) is 4.79 Å². The molecule has 2 nitrogen and oxygen atoms in total. The van der Waals surface area contributed by atoms with E-state index in [-0.39, 0.29) is 11.4 Å². The van der Waals surface area contributed by atoms with Gasteiger partial charge in [0.15, 0.2) is 0 Å². The molecule has 0 radical (unpaired) electrons. The van der Waals surface area contributed by atoms with Crippen LogP contribution in [-0.4, -0.2) is 11.4 Å². The first-order valence-electron chi connectivity index (χ1n) is 5.75. The maximum absolute atomic E-state index is 11.5. The van der Waals surface area contributed by atoms with Crippen LogP contribution in [0.4, 0.5) is 0 Å². The Kier molecular flexibility index (Phi) is 5.82. The van der Waals surface area contributed by atoms with Gasteiger partial charge in [-0.05, 0) is 26.2 Å². The van der Waals surface area contributed by atoms with E-state index in [4.69, 9.17) is 0 Å². The summed E-state index contributed by atoms with van der Waals surface area (Å²) in [6.45, 7) is 10.6. The number of amides is 1. The van der Waals surface area contributed by atoms with Gasteiger partial charge < -0.3 is 5.32 Å². The summed E-state index contributed by atoms with van der Waals surface area (Å²) in [6, 6.07) is 0. The van der Waals surface area contributed by atoms with Crippen molar-refractivity contribution in [2.75, 3.05) is 0 Å². The van der Waals surface area contributed by atoms with Gasteiger partial charge >= 0.3 is 0 Å². The van der Waals surface area contributed by atoms with Crippen molar-refractivity contribution in [3.63, 3.8) is 0 Å². The van der Waals surface area contributed by atoms with Gasteiger partial charge in [0.2, 0.25) is 5.91 Å². The zero-order valence-electron chi connectivity index (χ0n) is 10.3. The fourth-order valence-corrected chi connectivity index (χ4v) is 1.39. The molecule has 1 unspecified atom stereocenters. The van der Waals surface area contributed by atoms with E-state index in [0.29, 0.717) is 12.3 Å². The van der Waals surface area contributed by atoms with E-state index in [1.165, 1.54) is 0 Å². The molecule has 0 aromatic rings. The molecule has 1 N–H and O–H groups in total. The maximum atomic E-state index is 11.5. The highest BCUT2D eigenvalue weighted by Crippen LogP contribution is 2.19. The Morgan fingerprint density at radius 1 is 1.36 bits per heavy atom. The Balaban J connectivity index is 4.01. The Morgan fingerprint density at radius 3 is 2.36 bits per heavy atom. The van der Waals surface area contributed by atoms with Crippen LogP contribution in [0.5, 0.6) is 0 Å². The van der Waals surface area contributed by atoms with Gasteiger partial charge in [-0.15, -0.1) is 0 Å². The molecule has 1 atom stereocenters. The van der Waals surface area contributed by atoms with Crippen molar-refractivity contribution >= 4 is 5.91 Å². The summed E-state index contributed by atoms with van der Waals surface area (Å²) < 4.78 is 0. The zero-order valence-corrected chi connectivity index (χ0v) is 10.3. The van der Waals surface area contributed by atoms with Crippen molar-refractivity contribution in [1.82, 2.24) is 5.32 Å². The number of unbranched alkanes of at least 4 members (excludes halogenated alkanes) is 1. The number of hydrogen-bond acceptors (Lipinski definition) is 1. The van der Waals surface area contributed by atoms with Crippen LogP contribution in [0.3, 0.4) is 0 Å². The lowest BCUT2D eigenvalue weighted by Gasteiger charge is -2.32. The highest BCUT2D eigenvalue weighted by Gasteiger charge is 2.25. The first-order valence-corrected chi connectivity index (χ1v) is 5.75. The summed E-state index contributed by atoms with van der Waals surface area (Å²) in [4.78, 5) is 11.5. The molecule has 0 saturated heterocycles. The number of nitrogens with one attached hydrogen (secondary N) is 1. The first-order chi connectivity index (χ1) is 6.44. The van der Waals surface area contributed by atoms with E-state index in [0.717, 1.165) is 19.3 Å². The second-order valence-electron chi connectivity index (χ2n) is 4.68. The summed E-state index contributed by atoms with van der Waals surface area (Å²) in [6.07, 6.45) is 3.83. The van der Waals surface area contributed by atoms with Crippen molar-refractivity contribution in [3.05, 3.63) is 0 Å². The normalized spacial score (nSPS) is 13.8. The molecule has 0 rings (SSSR count). The summed E-state index contributed by atoms with van der Waals surface area (Å²) in [5.41, 5.74) is -0.0699. The van der Waals surface area contributed by atoms with E-state index < -0.39 is 0 Å². The minimum absolute atomic E-state index is 0.0699. The van der Waals surface area contributed by atoms with E-state index in [9.17, 15) is 4.79 Å². The van der Waals surface area contributed by atoms with Crippen LogP contribution in [0.1, 0.15) is 60.3 Å². The summed E-state index contributed by atoms with van der Waals surface area (Å²) in [7, 11) is 0. The van der Waals surface area contributed by atoms with Crippen molar-refractivity contribution < 1.29 is 4.79 Å². The molecule has 2 heteroatoms. The lowest BCUT2D eigenvalue weighted by Crippen LogP contribution is -2.48. The van der Waals surface area contributed by atoms with Crippen molar-refractivity contribution in [1.29, 1.82) is 0 Å². The Hall–Kier alpha value is -0.530. The van der Waals surface area contributed by atoms with E-state index >= 15 is 0 Å². The number of carbonyl (C=O) groups excluding carboxylic acids is 1. The molecule has 1 amide bonds. The lowest BCUT2D eigenvalue weighted by atomic mass is 9.87. The third-order valence-corrected chi connectivity index (χ3v) is 3.06. The summed E-state index contributed by atoms with van der Waals surface area (Å²) >= 11 is 0. The topological polar surface area (TPSA) is 29.1 Å². The van der Waals surface area contributed by atoms with Crippen LogP contribution in [0.15, 0.2) is 0 Å². The minimum Gasteiger partial charge on any atom is -0.351 e. The highest BCUT2D eigenvalue weighted by molar-refractivity contribution is 5.76. The molecule has 84 valence electrons. The number of rotatable bonds is 6. The molecule has 14 heavy (non-hydrogen) atoms. The van der Waals surface area contributed by atoms with Crippen LogP contribution in [0, 0.1) is 5.92 Å². The Bertz CT molecular complexity index is 175. The predicted molar refractivity (Wildman–Crippen MR) is 61.2 cm³/mol. The van der Waals surface area contributed by atoms with E-state index in [1.807, 2.05) is 0 Å². The molecule has 0 bridgehead atoms. The molecule has 0 aliphatic heterocycles. The quantitative estimate of drug-likeness (QED) is 0.699. The van der Waals surface area contributed by atoms with E-state index in [2.05, 4.69) is 39.9 Å².